The van der Waals surface area contributed by atoms with E-state index < -0.39 is 5.82 Å². The Morgan fingerprint density at radius 1 is 1.38 bits per heavy atom. The fourth-order valence-corrected chi connectivity index (χ4v) is 2.32. The number of fused-ring (bicyclic) bond motifs is 1. The Balaban J connectivity index is 2.09. The molecule has 3 rings (SSSR count). The number of anilines is 1. The van der Waals surface area contributed by atoms with Gasteiger partial charge in [-0.05, 0) is 25.1 Å². The van der Waals surface area contributed by atoms with Gasteiger partial charge in [0, 0.05) is 24.1 Å². The Morgan fingerprint density at radius 2 is 2.24 bits per heavy atom. The first-order valence-corrected chi connectivity index (χ1v) is 6.89. The summed E-state index contributed by atoms with van der Waals surface area (Å²) in [7, 11) is 0. The van der Waals surface area contributed by atoms with Gasteiger partial charge in [0.15, 0.2) is 17.4 Å². The van der Waals surface area contributed by atoms with Crippen molar-refractivity contribution in [3.63, 3.8) is 0 Å². The highest BCUT2D eigenvalue weighted by molar-refractivity contribution is 5.61. The molecule has 0 atom stereocenters. The maximum Gasteiger partial charge on any atom is 0.165 e. The summed E-state index contributed by atoms with van der Waals surface area (Å²) in [4.78, 5) is 8.98. The predicted octanol–water partition coefficient (Wildman–Crippen LogP) is 2.49. The zero-order chi connectivity index (χ0) is 14.8. The Hall–Kier alpha value is -2.21. The van der Waals surface area contributed by atoms with Crippen molar-refractivity contribution >= 4 is 5.82 Å². The second-order valence-electron chi connectivity index (χ2n) is 4.82. The van der Waals surface area contributed by atoms with Gasteiger partial charge in [0.2, 0.25) is 0 Å². The lowest BCUT2D eigenvalue weighted by molar-refractivity contribution is 0.109. The van der Waals surface area contributed by atoms with Crippen molar-refractivity contribution in [3.8, 4) is 17.1 Å². The first-order chi connectivity index (χ1) is 10.2. The van der Waals surface area contributed by atoms with Crippen LogP contribution in [0.5, 0.6) is 5.75 Å². The maximum absolute atomic E-state index is 13.5. The normalized spacial score (nSPS) is 13.8. The number of aromatic hydroxyl groups is 1. The first kappa shape index (κ1) is 13.8. The summed E-state index contributed by atoms with van der Waals surface area (Å²) in [5.74, 6) is 0.121. The van der Waals surface area contributed by atoms with Gasteiger partial charge in [-0.15, -0.1) is 0 Å². The van der Waals surface area contributed by atoms with Crippen LogP contribution in [0.4, 0.5) is 10.2 Å². The topological polar surface area (TPSA) is 67.3 Å². The Labute approximate surface area is 121 Å². The van der Waals surface area contributed by atoms with Crippen LogP contribution in [-0.2, 0) is 17.8 Å². The summed E-state index contributed by atoms with van der Waals surface area (Å²) >= 11 is 0. The van der Waals surface area contributed by atoms with E-state index in [-0.39, 0.29) is 5.75 Å². The molecule has 1 aromatic heterocycles. The van der Waals surface area contributed by atoms with E-state index in [1.54, 1.807) is 6.07 Å². The second kappa shape index (κ2) is 5.65. The van der Waals surface area contributed by atoms with Crippen LogP contribution >= 0.6 is 0 Å². The highest BCUT2D eigenvalue weighted by Crippen LogP contribution is 2.28. The van der Waals surface area contributed by atoms with Gasteiger partial charge in [0.1, 0.15) is 5.82 Å². The minimum atomic E-state index is -0.679. The van der Waals surface area contributed by atoms with Crippen molar-refractivity contribution < 1.29 is 14.2 Å². The van der Waals surface area contributed by atoms with Crippen molar-refractivity contribution in [1.29, 1.82) is 0 Å². The molecular formula is C15H16FN3O2. The third-order valence-electron chi connectivity index (χ3n) is 3.37. The Morgan fingerprint density at radius 3 is 3.00 bits per heavy atom. The average Bonchev–Trinajstić information content (AvgIpc) is 2.50. The molecule has 2 heterocycles. The zero-order valence-corrected chi connectivity index (χ0v) is 11.7. The van der Waals surface area contributed by atoms with Crippen molar-refractivity contribution in [2.45, 2.75) is 20.0 Å². The lowest BCUT2D eigenvalue weighted by Crippen LogP contribution is -2.17. The number of nitrogens with one attached hydrogen (secondary N) is 1. The fraction of sp³-hybridized carbons (Fsp3) is 0.333. The van der Waals surface area contributed by atoms with E-state index in [2.05, 4.69) is 15.3 Å². The summed E-state index contributed by atoms with van der Waals surface area (Å²) < 4.78 is 19.0. The van der Waals surface area contributed by atoms with Gasteiger partial charge in [-0.25, -0.2) is 14.4 Å². The highest BCUT2D eigenvalue weighted by Gasteiger charge is 2.19. The van der Waals surface area contributed by atoms with Gasteiger partial charge in [0.05, 0.1) is 18.9 Å². The number of aromatic nitrogens is 2. The summed E-state index contributed by atoms with van der Waals surface area (Å²) in [5.41, 5.74) is 2.43. The molecule has 1 aromatic carbocycles. The van der Waals surface area contributed by atoms with Crippen LogP contribution < -0.4 is 5.32 Å². The van der Waals surface area contributed by atoms with Gasteiger partial charge in [-0.2, -0.15) is 0 Å². The number of benzene rings is 1. The molecule has 1 aliphatic heterocycles. The number of phenols is 1. The smallest absolute Gasteiger partial charge is 0.165 e. The molecule has 0 fully saturated rings. The summed E-state index contributed by atoms with van der Waals surface area (Å²) in [6.07, 6.45) is 0.712. The molecule has 0 unspecified atom stereocenters. The quantitative estimate of drug-likeness (QED) is 0.908. The molecule has 21 heavy (non-hydrogen) atoms. The summed E-state index contributed by atoms with van der Waals surface area (Å²) in [6.45, 7) is 3.83. The molecule has 2 N–H and O–H groups in total. The largest absolute Gasteiger partial charge is 0.505 e. The fourth-order valence-electron chi connectivity index (χ4n) is 2.32. The molecule has 110 valence electrons. The van der Waals surface area contributed by atoms with E-state index >= 15 is 0 Å². The van der Waals surface area contributed by atoms with Crippen LogP contribution in [0.2, 0.25) is 0 Å². The van der Waals surface area contributed by atoms with E-state index in [0.29, 0.717) is 31.0 Å². The van der Waals surface area contributed by atoms with Crippen molar-refractivity contribution in [2.75, 3.05) is 18.5 Å². The highest BCUT2D eigenvalue weighted by atomic mass is 19.1. The zero-order valence-electron chi connectivity index (χ0n) is 11.7. The molecule has 5 nitrogen and oxygen atoms in total. The molecule has 6 heteroatoms. The Bertz CT molecular complexity index is 676. The summed E-state index contributed by atoms with van der Waals surface area (Å²) in [5, 5.41) is 12.5. The van der Waals surface area contributed by atoms with Crippen LogP contribution in [0.3, 0.4) is 0 Å². The van der Waals surface area contributed by atoms with Gasteiger partial charge in [0.25, 0.3) is 0 Å². The minimum Gasteiger partial charge on any atom is -0.505 e. The predicted molar refractivity (Wildman–Crippen MR) is 76.6 cm³/mol. The maximum atomic E-state index is 13.5. The number of phenolic OH excluding ortho intramolecular Hbond substituents is 1. The average molecular weight is 289 g/mol. The Kier molecular flexibility index (Phi) is 3.70. The van der Waals surface area contributed by atoms with Crippen LogP contribution in [0.15, 0.2) is 18.2 Å². The standard InChI is InChI=1S/C15H16FN3O2/c1-2-17-15-10-8-21-6-5-12(10)18-14(19-15)9-3-4-13(20)11(16)7-9/h3-4,7,20H,2,5-6,8H2,1H3,(H,17,18,19). The molecule has 0 aliphatic carbocycles. The molecule has 1 aliphatic rings. The first-order valence-electron chi connectivity index (χ1n) is 6.89. The molecule has 0 radical (unpaired) electrons. The molecular weight excluding hydrogens is 273 g/mol. The van der Waals surface area contributed by atoms with E-state index in [9.17, 15) is 9.50 Å². The van der Waals surface area contributed by atoms with Gasteiger partial charge < -0.3 is 15.2 Å². The van der Waals surface area contributed by atoms with E-state index in [1.165, 1.54) is 12.1 Å². The summed E-state index contributed by atoms with van der Waals surface area (Å²) in [6, 6.07) is 4.16. The molecule has 2 aromatic rings. The van der Waals surface area contributed by atoms with Crippen molar-refractivity contribution in [2.24, 2.45) is 0 Å². The van der Waals surface area contributed by atoms with Crippen LogP contribution in [0, 0.1) is 5.82 Å². The monoisotopic (exact) mass is 289 g/mol. The second-order valence-corrected chi connectivity index (χ2v) is 4.82. The van der Waals surface area contributed by atoms with Crippen LogP contribution in [0.25, 0.3) is 11.4 Å². The van der Waals surface area contributed by atoms with Crippen LogP contribution in [-0.4, -0.2) is 28.2 Å². The van der Waals surface area contributed by atoms with Crippen molar-refractivity contribution in [3.05, 3.63) is 35.3 Å². The van der Waals surface area contributed by atoms with Crippen LogP contribution in [0.1, 0.15) is 18.2 Å². The van der Waals surface area contributed by atoms with E-state index in [4.69, 9.17) is 4.74 Å². The van der Waals surface area contributed by atoms with Gasteiger partial charge >= 0.3 is 0 Å². The molecule has 0 saturated carbocycles. The van der Waals surface area contributed by atoms with E-state index in [0.717, 1.165) is 23.6 Å². The van der Waals surface area contributed by atoms with Gasteiger partial charge in [-0.1, -0.05) is 0 Å². The molecule has 0 spiro atoms. The third-order valence-corrected chi connectivity index (χ3v) is 3.37. The molecule has 0 bridgehead atoms. The molecule has 0 amide bonds. The van der Waals surface area contributed by atoms with Crippen molar-refractivity contribution in [1.82, 2.24) is 9.97 Å². The number of hydrogen-bond acceptors (Lipinski definition) is 5. The number of halogens is 1. The third kappa shape index (κ3) is 2.67. The number of nitrogens with zero attached hydrogens (tertiary/aromatic N) is 2. The lowest BCUT2D eigenvalue weighted by atomic mass is 10.1. The number of ether oxygens (including phenoxy) is 1. The van der Waals surface area contributed by atoms with Gasteiger partial charge in [-0.3, -0.25) is 0 Å². The lowest BCUT2D eigenvalue weighted by Gasteiger charge is -2.20. The van der Waals surface area contributed by atoms with E-state index in [1.807, 2.05) is 6.92 Å². The SMILES string of the molecule is CCNc1nc(-c2ccc(O)c(F)c2)nc2c1COCC2. The number of hydrogen-bond donors (Lipinski definition) is 2. The minimum absolute atomic E-state index is 0.378. The molecule has 0 saturated heterocycles. The number of rotatable bonds is 3.